The number of rotatable bonds is 5. The Morgan fingerprint density at radius 3 is 1.82 bits per heavy atom. The lowest BCUT2D eigenvalue weighted by Crippen LogP contribution is -2.61. The predicted molar refractivity (Wildman–Crippen MR) is 329 cm³/mol. The molecule has 10 aromatic rings. The van der Waals surface area contributed by atoms with E-state index in [0.717, 1.165) is 6.42 Å². The third kappa shape index (κ3) is 7.00. The van der Waals surface area contributed by atoms with E-state index in [0.29, 0.717) is 0 Å². The first kappa shape index (κ1) is 47.1. The second-order valence-electron chi connectivity index (χ2n) is 25.0. The van der Waals surface area contributed by atoms with Crippen LogP contribution in [0.4, 0.5) is 45.5 Å². The molecule has 3 nitrogen and oxygen atoms in total. The monoisotopic (exact) mass is 1000 g/mol. The molecule has 0 spiro atoms. The van der Waals surface area contributed by atoms with Crippen molar-refractivity contribution < 1.29 is 0 Å². The molecule has 5 heteroatoms. The van der Waals surface area contributed by atoms with Crippen molar-refractivity contribution in [3.63, 3.8) is 0 Å². The van der Waals surface area contributed by atoms with Gasteiger partial charge in [-0.1, -0.05) is 177 Å². The highest BCUT2D eigenvalue weighted by Gasteiger charge is 2.58. The number of fused-ring (bicyclic) bond motifs is 10. The van der Waals surface area contributed by atoms with Crippen LogP contribution >= 0.6 is 11.3 Å². The van der Waals surface area contributed by atoms with Crippen LogP contribution in [-0.2, 0) is 16.2 Å². The number of hydrogen-bond donors (Lipinski definition) is 0. The Labute approximate surface area is 454 Å². The van der Waals surface area contributed by atoms with E-state index >= 15 is 0 Å². The van der Waals surface area contributed by atoms with E-state index in [1.54, 1.807) is 0 Å². The van der Waals surface area contributed by atoms with E-state index < -0.39 is 0 Å². The highest BCUT2D eigenvalue weighted by atomic mass is 32.1. The molecule has 0 saturated heterocycles. The van der Waals surface area contributed by atoms with Gasteiger partial charge in [0.05, 0.1) is 11.2 Å². The van der Waals surface area contributed by atoms with Gasteiger partial charge in [0.15, 0.2) is 0 Å². The molecule has 76 heavy (non-hydrogen) atoms. The van der Waals surface area contributed by atoms with Gasteiger partial charge in [-0.3, -0.25) is 0 Å². The summed E-state index contributed by atoms with van der Waals surface area (Å²) in [6, 6.07) is 72.8. The molecule has 374 valence electrons. The molecule has 4 heterocycles. The van der Waals surface area contributed by atoms with Crippen LogP contribution in [0.15, 0.2) is 188 Å². The Kier molecular flexibility index (Phi) is 10.4. The molecule has 1 aromatic heterocycles. The Morgan fingerprint density at radius 1 is 0.461 bits per heavy atom. The van der Waals surface area contributed by atoms with Crippen LogP contribution in [0.3, 0.4) is 0 Å². The van der Waals surface area contributed by atoms with Crippen molar-refractivity contribution in [1.29, 1.82) is 0 Å². The van der Waals surface area contributed by atoms with Gasteiger partial charge in [-0.25, -0.2) is 0 Å². The van der Waals surface area contributed by atoms with Crippen molar-refractivity contribution in [2.75, 3.05) is 14.7 Å². The molecule has 3 aliphatic heterocycles. The van der Waals surface area contributed by atoms with E-state index in [1.165, 1.54) is 146 Å². The van der Waals surface area contributed by atoms with E-state index in [4.69, 9.17) is 0 Å². The fourth-order valence-corrected chi connectivity index (χ4v) is 15.2. The molecule has 14 rings (SSSR count). The molecule has 1 fully saturated rings. The lowest BCUT2D eigenvalue weighted by Gasteiger charge is -2.50. The maximum absolute atomic E-state index is 2.78. The summed E-state index contributed by atoms with van der Waals surface area (Å²) in [5, 5.41) is 2.64. The van der Waals surface area contributed by atoms with Gasteiger partial charge in [-0.2, -0.15) is 0 Å². The average molecular weight is 1000 g/mol. The van der Waals surface area contributed by atoms with Crippen LogP contribution in [-0.4, -0.2) is 12.3 Å². The fourth-order valence-electron chi connectivity index (χ4n) is 14.1. The first-order valence-corrected chi connectivity index (χ1v) is 28.6. The van der Waals surface area contributed by atoms with E-state index in [1.807, 2.05) is 11.3 Å². The SMILES string of the molecule is Cc1cc2c3c(c1)N(c1ccc(C(C)(C)C)cc1-c1ccccc1)c1cc(N4c5ccc(-c6ccccc6)cc5C5(C)CCCCC45C)ccc1B3c1ccc(C(C)(C)C)cc1N2c1ccc2c(c1)sc1ccccc12. The molecule has 4 aliphatic rings. The van der Waals surface area contributed by atoms with Crippen molar-refractivity contribution in [3.8, 4) is 22.3 Å². The van der Waals surface area contributed by atoms with Gasteiger partial charge < -0.3 is 14.7 Å². The van der Waals surface area contributed by atoms with Crippen LogP contribution in [0.2, 0.25) is 0 Å². The molecule has 0 N–H and O–H groups in total. The summed E-state index contributed by atoms with van der Waals surface area (Å²) in [4.78, 5) is 8.07. The summed E-state index contributed by atoms with van der Waals surface area (Å²) >= 11 is 1.90. The molecule has 2 atom stereocenters. The molecule has 0 bridgehead atoms. The highest BCUT2D eigenvalue weighted by Crippen LogP contribution is 2.62. The number of anilines is 8. The minimum Gasteiger partial charge on any atom is -0.334 e. The zero-order chi connectivity index (χ0) is 52.0. The van der Waals surface area contributed by atoms with Crippen LogP contribution < -0.4 is 31.1 Å². The fraction of sp³-hybridized carbons (Fsp3) is 0.239. The first-order chi connectivity index (χ1) is 36.6. The minimum atomic E-state index is -0.126. The van der Waals surface area contributed by atoms with Crippen LogP contribution in [0.1, 0.15) is 103 Å². The third-order valence-electron chi connectivity index (χ3n) is 18.3. The molecule has 1 aliphatic carbocycles. The van der Waals surface area contributed by atoms with Gasteiger partial charge in [-0.15, -0.1) is 11.3 Å². The van der Waals surface area contributed by atoms with Gasteiger partial charge in [0, 0.05) is 71.0 Å². The highest BCUT2D eigenvalue weighted by molar-refractivity contribution is 7.25. The summed E-state index contributed by atoms with van der Waals surface area (Å²) < 4.78 is 2.64. The van der Waals surface area contributed by atoms with Gasteiger partial charge in [-0.05, 0) is 166 Å². The Hall–Kier alpha value is -7.34. The van der Waals surface area contributed by atoms with E-state index in [9.17, 15) is 0 Å². The van der Waals surface area contributed by atoms with Crippen molar-refractivity contribution in [2.45, 2.75) is 110 Å². The smallest absolute Gasteiger partial charge is 0.252 e. The van der Waals surface area contributed by atoms with E-state index in [2.05, 4.69) is 265 Å². The molecular weight excluding hydrogens is 938 g/mol. The maximum Gasteiger partial charge on any atom is 0.252 e. The number of nitrogens with zero attached hydrogens (tertiary/aromatic N) is 3. The van der Waals surface area contributed by atoms with Crippen molar-refractivity contribution >= 4 is 100 Å². The summed E-state index contributed by atoms with van der Waals surface area (Å²) in [6.07, 6.45) is 4.76. The summed E-state index contributed by atoms with van der Waals surface area (Å²) in [5.41, 5.74) is 24.2. The summed E-state index contributed by atoms with van der Waals surface area (Å²) in [7, 11) is 0. The van der Waals surface area contributed by atoms with Crippen molar-refractivity contribution in [2.24, 2.45) is 0 Å². The van der Waals surface area contributed by atoms with Crippen LogP contribution in [0.5, 0.6) is 0 Å². The largest absolute Gasteiger partial charge is 0.334 e. The molecule has 9 aromatic carbocycles. The topological polar surface area (TPSA) is 9.72 Å². The normalized spacial score (nSPS) is 18.6. The Bertz CT molecular complexity index is 3990. The van der Waals surface area contributed by atoms with E-state index in [-0.39, 0.29) is 28.5 Å². The van der Waals surface area contributed by atoms with Crippen LogP contribution in [0, 0.1) is 6.92 Å². The van der Waals surface area contributed by atoms with Crippen molar-refractivity contribution in [1.82, 2.24) is 0 Å². The number of benzene rings is 9. The van der Waals surface area contributed by atoms with Gasteiger partial charge in [0.2, 0.25) is 0 Å². The quantitative estimate of drug-likeness (QED) is 0.159. The molecule has 2 unspecified atom stereocenters. The van der Waals surface area contributed by atoms with Gasteiger partial charge in [0.1, 0.15) is 0 Å². The zero-order valence-electron chi connectivity index (χ0n) is 45.6. The second-order valence-corrected chi connectivity index (χ2v) is 26.0. The molecule has 0 amide bonds. The van der Waals surface area contributed by atoms with Crippen LogP contribution in [0.25, 0.3) is 42.4 Å². The second kappa shape index (κ2) is 16.8. The lowest BCUT2D eigenvalue weighted by molar-refractivity contribution is 0.195. The van der Waals surface area contributed by atoms with Gasteiger partial charge in [0.25, 0.3) is 6.71 Å². The summed E-state index contributed by atoms with van der Waals surface area (Å²) in [6.45, 7) is 21.5. The number of thiophene rings is 1. The molecular formula is C71H66BN3S. The predicted octanol–water partition coefficient (Wildman–Crippen LogP) is 18.1. The Balaban J connectivity index is 1.05. The number of hydrogen-bond acceptors (Lipinski definition) is 4. The Morgan fingerprint density at radius 2 is 1.07 bits per heavy atom. The summed E-state index contributed by atoms with van der Waals surface area (Å²) in [5.74, 6) is 0. The van der Waals surface area contributed by atoms with Gasteiger partial charge >= 0.3 is 0 Å². The third-order valence-corrected chi connectivity index (χ3v) is 19.5. The zero-order valence-corrected chi connectivity index (χ0v) is 46.4. The maximum atomic E-state index is 2.78. The minimum absolute atomic E-state index is 0.0110. The molecule has 1 saturated carbocycles. The number of aryl methyl sites for hydroxylation is 1. The first-order valence-electron chi connectivity index (χ1n) is 27.7. The van der Waals surface area contributed by atoms with Crippen molar-refractivity contribution in [3.05, 3.63) is 210 Å². The average Bonchev–Trinajstić information content (AvgIpc) is 4.06. The molecule has 0 radical (unpaired) electrons. The lowest BCUT2D eigenvalue weighted by atomic mass is 9.33. The standard InChI is InChI=1S/C71H66BN3S/c1-45-38-63-67-64(39-45)74(59-35-28-49(68(2,3)4)41-55(59)47-22-14-11-15-23-47)62-43-52(75-60-34-26-48(46-20-12-10-13-21-46)40-56(60)70(8)36-18-19-37-71(70,75)9)30-33-58(62)72(67)57-32-27-50(69(5,6)7)42-61(57)73(63)51-29-31-54-53-24-16-17-25-65(53)76-66(54)44-51/h10-17,20-35,38-44H,18-19,36-37H2,1-9H3.